The Morgan fingerprint density at radius 3 is 2.54 bits per heavy atom. The second-order valence-electron chi connectivity index (χ2n) is 6.37. The van der Waals surface area contributed by atoms with Crippen molar-refractivity contribution in [2.75, 3.05) is 24.6 Å². The molecule has 130 valence electrons. The Hall–Kier alpha value is -1.11. The van der Waals surface area contributed by atoms with E-state index in [1.54, 1.807) is 6.33 Å². The van der Waals surface area contributed by atoms with Gasteiger partial charge < -0.3 is 19.2 Å². The van der Waals surface area contributed by atoms with Gasteiger partial charge in [-0.1, -0.05) is 0 Å². The predicted molar refractivity (Wildman–Crippen MR) is 98.6 cm³/mol. The average Bonchev–Trinajstić information content (AvgIpc) is 2.53. The molecule has 0 unspecified atom stereocenters. The van der Waals surface area contributed by atoms with Gasteiger partial charge in [0.1, 0.15) is 12.1 Å². The summed E-state index contributed by atoms with van der Waals surface area (Å²) >= 11 is 4.50. The van der Waals surface area contributed by atoms with Crippen LogP contribution in [0, 0.1) is 19.8 Å². The Bertz CT molecular complexity index is 787. The van der Waals surface area contributed by atoms with Crippen molar-refractivity contribution in [2.24, 2.45) is 5.92 Å². The van der Waals surface area contributed by atoms with E-state index in [9.17, 15) is 9.79 Å². The number of hydrogen-bond donors (Lipinski definition) is 2. The molecule has 0 amide bonds. The molecule has 6 nitrogen and oxygen atoms in total. The van der Waals surface area contributed by atoms with Gasteiger partial charge in [0, 0.05) is 18.5 Å². The van der Waals surface area contributed by atoms with Gasteiger partial charge in [0.15, 0.2) is 0 Å². The first kappa shape index (κ1) is 17.7. The molecular weight excluding hydrogens is 345 g/mol. The Kier molecular flexibility index (Phi) is 5.18. The third-order valence-corrected chi connectivity index (χ3v) is 5.42. The smallest absolute Gasteiger partial charge is 0.321 e. The molecule has 1 aromatic carbocycles. The summed E-state index contributed by atoms with van der Waals surface area (Å²) in [5.41, 5.74) is 3.43. The average molecular weight is 367 g/mol. The fraction of sp³-hybridized carbons (Fsp3) is 0.500. The number of nitrogens with zero attached hydrogens (tertiary/aromatic N) is 3. The number of fused-ring (bicyclic) bond motifs is 1. The zero-order chi connectivity index (χ0) is 17.3. The lowest BCUT2D eigenvalue weighted by molar-refractivity contribution is 0.191. The lowest BCUT2D eigenvalue weighted by Crippen LogP contribution is -2.35. The molecule has 0 radical (unpaired) electrons. The lowest BCUT2D eigenvalue weighted by Gasteiger charge is -2.33. The molecule has 0 aliphatic carbocycles. The highest BCUT2D eigenvalue weighted by Crippen LogP contribution is 2.38. The summed E-state index contributed by atoms with van der Waals surface area (Å²) < 4.78 is 5.00. The molecule has 1 aliphatic rings. The van der Waals surface area contributed by atoms with E-state index in [1.807, 2.05) is 0 Å². The third kappa shape index (κ3) is 4.10. The van der Waals surface area contributed by atoms with E-state index in [4.69, 9.17) is 4.52 Å². The minimum absolute atomic E-state index is 0.292. The number of rotatable bonds is 4. The number of aryl methyl sites for hydroxylation is 2. The van der Waals surface area contributed by atoms with Crippen molar-refractivity contribution >= 4 is 35.2 Å². The molecule has 3 rings (SSSR count). The van der Waals surface area contributed by atoms with Crippen molar-refractivity contribution in [3.63, 3.8) is 0 Å². The molecule has 0 saturated carbocycles. The highest BCUT2D eigenvalue weighted by Gasteiger charge is 2.23. The van der Waals surface area contributed by atoms with Gasteiger partial charge in [-0.15, -0.1) is 0 Å². The number of hydrogen-bond acceptors (Lipinski definition) is 5. The molecule has 2 aromatic rings. The highest BCUT2D eigenvalue weighted by molar-refractivity contribution is 8.06. The minimum atomic E-state index is -3.55. The Morgan fingerprint density at radius 2 is 1.88 bits per heavy atom. The minimum Gasteiger partial charge on any atom is -0.356 e. The number of piperidine rings is 1. The van der Waals surface area contributed by atoms with Gasteiger partial charge in [0.05, 0.1) is 12.1 Å². The topological polar surface area (TPSA) is 78.7 Å². The fourth-order valence-corrected chi connectivity index (χ4v) is 3.66. The molecule has 0 bridgehead atoms. The lowest BCUT2D eigenvalue weighted by atomic mass is 9.97. The molecular formula is C16H22N3O3PS. The van der Waals surface area contributed by atoms with Crippen molar-refractivity contribution < 1.29 is 14.3 Å². The van der Waals surface area contributed by atoms with Crippen LogP contribution in [0.5, 0.6) is 0 Å². The van der Waals surface area contributed by atoms with Gasteiger partial charge in [0.25, 0.3) is 0 Å². The van der Waals surface area contributed by atoms with Crippen LogP contribution in [0.2, 0.25) is 0 Å². The largest absolute Gasteiger partial charge is 0.356 e. The van der Waals surface area contributed by atoms with E-state index in [1.165, 1.54) is 11.1 Å². The van der Waals surface area contributed by atoms with Crippen LogP contribution in [0.25, 0.3) is 10.9 Å². The fourth-order valence-electron chi connectivity index (χ4n) is 3.07. The van der Waals surface area contributed by atoms with Crippen molar-refractivity contribution in [3.05, 3.63) is 29.6 Å². The summed E-state index contributed by atoms with van der Waals surface area (Å²) in [7, 11) is 0. The maximum Gasteiger partial charge on any atom is 0.321 e. The highest BCUT2D eigenvalue weighted by atomic mass is 32.5. The molecule has 2 heterocycles. The van der Waals surface area contributed by atoms with E-state index in [-0.39, 0.29) is 0 Å². The first-order valence-electron chi connectivity index (χ1n) is 8.00. The summed E-state index contributed by atoms with van der Waals surface area (Å²) in [6, 6.07) is 4.26. The molecule has 0 spiro atoms. The van der Waals surface area contributed by atoms with Crippen LogP contribution >= 0.6 is 6.72 Å². The van der Waals surface area contributed by atoms with Gasteiger partial charge in [-0.05, 0) is 67.7 Å². The second kappa shape index (κ2) is 7.02. The first-order chi connectivity index (χ1) is 11.3. The van der Waals surface area contributed by atoms with Crippen LogP contribution in [0.4, 0.5) is 5.82 Å². The van der Waals surface area contributed by atoms with Crippen LogP contribution in [-0.4, -0.2) is 39.5 Å². The maximum atomic E-state index is 9.18. The second-order valence-corrected chi connectivity index (χ2v) is 9.03. The number of anilines is 1. The maximum absolute atomic E-state index is 9.18. The van der Waals surface area contributed by atoms with Crippen molar-refractivity contribution in [3.8, 4) is 0 Å². The SMILES string of the molecule is Cc1cc2ncnc(N3CCC(COP(O)(O)=S)CC3)c2cc1C. The van der Waals surface area contributed by atoms with Crippen molar-refractivity contribution in [1.29, 1.82) is 0 Å². The molecule has 0 atom stereocenters. The summed E-state index contributed by atoms with van der Waals surface area (Å²) in [5, 5.41) is 1.08. The van der Waals surface area contributed by atoms with Gasteiger partial charge in [-0.2, -0.15) is 0 Å². The van der Waals surface area contributed by atoms with E-state index >= 15 is 0 Å². The predicted octanol–water partition coefficient (Wildman–Crippen LogP) is 2.69. The zero-order valence-electron chi connectivity index (χ0n) is 13.8. The first-order valence-corrected chi connectivity index (χ1v) is 10.6. The summed E-state index contributed by atoms with van der Waals surface area (Å²) in [6.45, 7) is 2.65. The molecule has 2 N–H and O–H groups in total. The monoisotopic (exact) mass is 367 g/mol. The van der Waals surface area contributed by atoms with E-state index in [0.717, 1.165) is 42.7 Å². The quantitative estimate of drug-likeness (QED) is 0.805. The van der Waals surface area contributed by atoms with Crippen LogP contribution in [0.15, 0.2) is 18.5 Å². The Balaban J connectivity index is 1.74. The summed E-state index contributed by atoms with van der Waals surface area (Å²) in [5.74, 6) is 1.26. The Labute approximate surface area is 146 Å². The molecule has 8 heteroatoms. The van der Waals surface area contributed by atoms with Crippen molar-refractivity contribution in [1.82, 2.24) is 9.97 Å². The molecule has 1 aliphatic heterocycles. The van der Waals surface area contributed by atoms with E-state index in [0.29, 0.717) is 12.5 Å². The zero-order valence-corrected chi connectivity index (χ0v) is 15.6. The summed E-state index contributed by atoms with van der Waals surface area (Å²) in [6.07, 6.45) is 3.44. The molecule has 24 heavy (non-hydrogen) atoms. The standard InChI is InChI=1S/C16H22N3O3PS/c1-11-7-14-15(8-12(11)2)17-10-18-16(14)19-5-3-13(4-6-19)9-22-23(20,21)24/h7-8,10,13H,3-6,9H2,1-2H3,(H2,20,21,24). The Morgan fingerprint density at radius 1 is 1.21 bits per heavy atom. The van der Waals surface area contributed by atoms with E-state index in [2.05, 4.69) is 52.7 Å². The third-order valence-electron chi connectivity index (χ3n) is 4.62. The van der Waals surface area contributed by atoms with Crippen LogP contribution in [-0.2, 0) is 16.3 Å². The van der Waals surface area contributed by atoms with Gasteiger partial charge >= 0.3 is 6.72 Å². The van der Waals surface area contributed by atoms with E-state index < -0.39 is 6.72 Å². The molecule has 1 fully saturated rings. The summed E-state index contributed by atoms with van der Waals surface area (Å²) in [4.78, 5) is 29.5. The normalized spacial score (nSPS) is 16.8. The molecule has 1 saturated heterocycles. The van der Waals surface area contributed by atoms with Gasteiger partial charge in [-0.3, -0.25) is 0 Å². The van der Waals surface area contributed by atoms with Gasteiger partial charge in [0.2, 0.25) is 0 Å². The number of benzene rings is 1. The van der Waals surface area contributed by atoms with Crippen LogP contribution in [0.3, 0.4) is 0 Å². The van der Waals surface area contributed by atoms with Crippen LogP contribution < -0.4 is 4.90 Å². The molecule has 1 aromatic heterocycles. The van der Waals surface area contributed by atoms with Crippen LogP contribution in [0.1, 0.15) is 24.0 Å². The number of aromatic nitrogens is 2. The van der Waals surface area contributed by atoms with Gasteiger partial charge in [-0.25, -0.2) is 9.97 Å². The van der Waals surface area contributed by atoms with Crippen molar-refractivity contribution in [2.45, 2.75) is 26.7 Å².